The van der Waals surface area contributed by atoms with Crippen molar-refractivity contribution in [2.45, 2.75) is 38.5 Å². The molecule has 4 rings (SSSR count). The van der Waals surface area contributed by atoms with Gasteiger partial charge < -0.3 is 4.74 Å². The van der Waals surface area contributed by atoms with Crippen molar-refractivity contribution in [2.75, 3.05) is 0 Å². The molecule has 26 heavy (non-hydrogen) atoms. The molecule has 2 aromatic carbocycles. The summed E-state index contributed by atoms with van der Waals surface area (Å²) >= 11 is 3.41. The second-order valence-electron chi connectivity index (χ2n) is 7.21. The van der Waals surface area contributed by atoms with Gasteiger partial charge in [-0.1, -0.05) is 28.9 Å². The van der Waals surface area contributed by atoms with Gasteiger partial charge in [-0.05, 0) is 73.2 Å². The van der Waals surface area contributed by atoms with Crippen LogP contribution in [-0.4, -0.2) is 11.6 Å². The summed E-state index contributed by atoms with van der Waals surface area (Å²) in [6.07, 6.45) is 3.27. The van der Waals surface area contributed by atoms with Crippen LogP contribution in [0.2, 0.25) is 0 Å². The van der Waals surface area contributed by atoms with E-state index >= 15 is 0 Å². The van der Waals surface area contributed by atoms with Gasteiger partial charge in [0.1, 0.15) is 17.4 Å². The van der Waals surface area contributed by atoms with Crippen LogP contribution >= 0.6 is 15.9 Å². The van der Waals surface area contributed by atoms with Gasteiger partial charge in [-0.15, -0.1) is 0 Å². The maximum Gasteiger partial charge on any atom is 0.150 e. The molecule has 0 spiro atoms. The minimum absolute atomic E-state index is 0.0588. The SMILES string of the molecule is CCc1ccc(Oc2ccc(Br)cc2)cc1C1C(=O)[C@@H]2CC[C@@H](C2)C1=O. The molecule has 0 radical (unpaired) electrons. The second-order valence-corrected chi connectivity index (χ2v) is 8.13. The van der Waals surface area contributed by atoms with Gasteiger partial charge in [-0.2, -0.15) is 0 Å². The molecule has 4 heteroatoms. The van der Waals surface area contributed by atoms with E-state index in [9.17, 15) is 9.59 Å². The number of fused-ring (bicyclic) bond motifs is 2. The summed E-state index contributed by atoms with van der Waals surface area (Å²) in [5.41, 5.74) is 1.90. The standard InChI is InChI=1S/C22H21BrO3/c1-2-13-5-8-18(26-17-9-6-16(23)7-10-17)12-19(13)20-21(24)14-3-4-15(11-14)22(20)25/h5-10,12,14-15,20H,2-4,11H2,1H3/t14-,15+,20?. The number of hydrogen-bond acceptors (Lipinski definition) is 3. The zero-order valence-electron chi connectivity index (χ0n) is 14.7. The Bertz CT molecular complexity index is 834. The maximum atomic E-state index is 12.9. The third-order valence-electron chi connectivity index (χ3n) is 5.66. The molecule has 0 N–H and O–H groups in total. The average molecular weight is 413 g/mol. The summed E-state index contributed by atoms with van der Waals surface area (Å²) in [4.78, 5) is 25.8. The van der Waals surface area contributed by atoms with Crippen LogP contribution in [0.3, 0.4) is 0 Å². The van der Waals surface area contributed by atoms with Crippen molar-refractivity contribution >= 4 is 27.5 Å². The number of halogens is 1. The largest absolute Gasteiger partial charge is 0.457 e. The van der Waals surface area contributed by atoms with Gasteiger partial charge in [-0.25, -0.2) is 0 Å². The smallest absolute Gasteiger partial charge is 0.150 e. The number of Topliss-reactive ketones (excluding diaryl/α,β-unsaturated/α-hetero) is 2. The van der Waals surface area contributed by atoms with E-state index in [1.54, 1.807) is 0 Å². The fourth-order valence-corrected chi connectivity index (χ4v) is 4.55. The van der Waals surface area contributed by atoms with Gasteiger partial charge in [-0.3, -0.25) is 9.59 Å². The van der Waals surface area contributed by atoms with E-state index in [2.05, 4.69) is 22.9 Å². The van der Waals surface area contributed by atoms with E-state index in [4.69, 9.17) is 4.74 Å². The fraction of sp³-hybridized carbons (Fsp3) is 0.364. The quantitative estimate of drug-likeness (QED) is 0.626. The summed E-state index contributed by atoms with van der Waals surface area (Å²) in [5, 5.41) is 0. The Balaban J connectivity index is 1.69. The molecule has 2 aromatic rings. The Morgan fingerprint density at radius 1 is 0.962 bits per heavy atom. The van der Waals surface area contributed by atoms with Crippen LogP contribution in [0, 0.1) is 11.8 Å². The van der Waals surface area contributed by atoms with E-state index in [-0.39, 0.29) is 23.4 Å². The molecule has 2 fully saturated rings. The molecular weight excluding hydrogens is 392 g/mol. The highest BCUT2D eigenvalue weighted by molar-refractivity contribution is 9.10. The van der Waals surface area contributed by atoms with Gasteiger partial charge >= 0.3 is 0 Å². The van der Waals surface area contributed by atoms with Crippen molar-refractivity contribution in [1.82, 2.24) is 0 Å². The Labute approximate surface area is 161 Å². The molecule has 3 nitrogen and oxygen atoms in total. The third-order valence-corrected chi connectivity index (χ3v) is 6.19. The Morgan fingerprint density at radius 3 is 2.19 bits per heavy atom. The molecule has 0 amide bonds. The van der Waals surface area contributed by atoms with E-state index in [0.717, 1.165) is 47.0 Å². The minimum Gasteiger partial charge on any atom is -0.457 e. The fourth-order valence-electron chi connectivity index (χ4n) is 4.28. The van der Waals surface area contributed by atoms with Crippen LogP contribution < -0.4 is 4.74 Å². The maximum absolute atomic E-state index is 12.9. The van der Waals surface area contributed by atoms with Gasteiger partial charge in [0, 0.05) is 16.3 Å². The topological polar surface area (TPSA) is 43.4 Å². The third kappa shape index (κ3) is 3.11. The van der Waals surface area contributed by atoms with Crippen molar-refractivity contribution in [2.24, 2.45) is 11.8 Å². The number of ether oxygens (including phenoxy) is 1. The van der Waals surface area contributed by atoms with Gasteiger partial charge in [0.2, 0.25) is 0 Å². The van der Waals surface area contributed by atoms with Gasteiger partial charge in [0.15, 0.2) is 11.6 Å². The lowest BCUT2D eigenvalue weighted by atomic mass is 9.74. The molecule has 2 saturated carbocycles. The molecule has 2 aliphatic carbocycles. The Kier molecular flexibility index (Phi) is 4.70. The zero-order chi connectivity index (χ0) is 18.3. The van der Waals surface area contributed by atoms with E-state index < -0.39 is 5.92 Å². The molecule has 0 saturated heterocycles. The average Bonchev–Trinajstić information content (AvgIpc) is 3.10. The molecule has 0 heterocycles. The Morgan fingerprint density at radius 2 is 1.58 bits per heavy atom. The normalized spacial score (nSPS) is 24.8. The van der Waals surface area contributed by atoms with E-state index in [1.165, 1.54) is 0 Å². The van der Waals surface area contributed by atoms with Crippen molar-refractivity contribution < 1.29 is 14.3 Å². The van der Waals surface area contributed by atoms with Crippen molar-refractivity contribution in [3.63, 3.8) is 0 Å². The number of ketones is 2. The monoisotopic (exact) mass is 412 g/mol. The zero-order valence-corrected chi connectivity index (χ0v) is 16.3. The molecule has 0 aromatic heterocycles. The van der Waals surface area contributed by atoms with Crippen molar-refractivity contribution in [3.05, 3.63) is 58.1 Å². The van der Waals surface area contributed by atoms with Crippen LogP contribution in [0.1, 0.15) is 43.2 Å². The highest BCUT2D eigenvalue weighted by atomic mass is 79.9. The number of carbonyl (C=O) groups is 2. The second kappa shape index (κ2) is 6.99. The lowest BCUT2D eigenvalue weighted by Crippen LogP contribution is -2.35. The number of benzene rings is 2. The van der Waals surface area contributed by atoms with Crippen LogP contribution in [-0.2, 0) is 16.0 Å². The summed E-state index contributed by atoms with van der Waals surface area (Å²) in [6, 6.07) is 13.4. The number of hydrogen-bond donors (Lipinski definition) is 0. The molecule has 1 unspecified atom stereocenters. The van der Waals surface area contributed by atoms with Gasteiger partial charge in [0.25, 0.3) is 0 Å². The lowest BCUT2D eigenvalue weighted by molar-refractivity contribution is -0.135. The van der Waals surface area contributed by atoms with Crippen molar-refractivity contribution in [1.29, 1.82) is 0 Å². The summed E-state index contributed by atoms with van der Waals surface area (Å²) in [5.74, 6) is 1.12. The first-order valence-electron chi connectivity index (χ1n) is 9.20. The number of aryl methyl sites for hydroxylation is 1. The van der Waals surface area contributed by atoms with Gasteiger partial charge in [0.05, 0.1) is 0 Å². The van der Waals surface area contributed by atoms with Crippen molar-refractivity contribution in [3.8, 4) is 11.5 Å². The molecule has 134 valence electrons. The minimum atomic E-state index is -0.607. The van der Waals surface area contributed by atoms with Crippen LogP contribution in [0.5, 0.6) is 11.5 Å². The van der Waals surface area contributed by atoms with Crippen LogP contribution in [0.4, 0.5) is 0 Å². The first-order valence-corrected chi connectivity index (χ1v) is 9.99. The predicted octanol–water partition coefficient (Wildman–Crippen LogP) is 5.46. The van der Waals surface area contributed by atoms with E-state index in [0.29, 0.717) is 5.75 Å². The Hall–Kier alpha value is -1.94. The molecule has 0 aliphatic heterocycles. The number of rotatable bonds is 4. The summed E-state index contributed by atoms with van der Waals surface area (Å²) in [6.45, 7) is 2.06. The summed E-state index contributed by atoms with van der Waals surface area (Å²) in [7, 11) is 0. The predicted molar refractivity (Wildman–Crippen MR) is 104 cm³/mol. The summed E-state index contributed by atoms with van der Waals surface area (Å²) < 4.78 is 6.95. The highest BCUT2D eigenvalue weighted by Gasteiger charge is 2.47. The molecule has 3 atom stereocenters. The first kappa shape index (κ1) is 17.5. The lowest BCUT2D eigenvalue weighted by Gasteiger charge is -2.27. The highest BCUT2D eigenvalue weighted by Crippen LogP contribution is 2.45. The molecular formula is C22H21BrO3. The first-order chi connectivity index (χ1) is 12.6. The molecule has 2 aliphatic rings. The van der Waals surface area contributed by atoms with Crippen LogP contribution in [0.15, 0.2) is 46.9 Å². The van der Waals surface area contributed by atoms with Crippen LogP contribution in [0.25, 0.3) is 0 Å². The number of carbonyl (C=O) groups excluding carboxylic acids is 2. The molecule has 2 bridgehead atoms. The van der Waals surface area contributed by atoms with E-state index in [1.807, 2.05) is 42.5 Å².